The Morgan fingerprint density at radius 1 is 1.39 bits per heavy atom. The lowest BCUT2D eigenvalue weighted by Crippen LogP contribution is -2.28. The summed E-state index contributed by atoms with van der Waals surface area (Å²) < 4.78 is 44.2. The lowest BCUT2D eigenvalue weighted by Gasteiger charge is -2.14. The Hall–Kier alpha value is -3.29. The predicted molar refractivity (Wildman–Crippen MR) is 114 cm³/mol. The summed E-state index contributed by atoms with van der Waals surface area (Å²) in [4.78, 5) is 35.9. The number of alkyl halides is 3. The zero-order valence-corrected chi connectivity index (χ0v) is 18.5. The topological polar surface area (TPSA) is 125 Å². The molecular weight excluding hydrogens is 513 g/mol. The van der Waals surface area contributed by atoms with Crippen molar-refractivity contribution in [1.29, 1.82) is 0 Å². The maximum Gasteiger partial charge on any atom is 0.573 e. The van der Waals surface area contributed by atoms with Crippen molar-refractivity contribution in [2.45, 2.75) is 19.3 Å². The van der Waals surface area contributed by atoms with E-state index < -0.39 is 23.9 Å². The average Bonchev–Trinajstić information content (AvgIpc) is 3.32. The van der Waals surface area contributed by atoms with Crippen LogP contribution in [0.4, 0.5) is 23.9 Å². The Morgan fingerprint density at radius 2 is 2.18 bits per heavy atom. The fraction of sp³-hybridized carbons (Fsp3) is 0.368. The van der Waals surface area contributed by atoms with Crippen LogP contribution >= 0.6 is 15.9 Å². The summed E-state index contributed by atoms with van der Waals surface area (Å²) in [7, 11) is 0. The Morgan fingerprint density at radius 3 is 2.88 bits per heavy atom. The molecule has 1 aromatic carbocycles. The van der Waals surface area contributed by atoms with Crippen LogP contribution < -0.4 is 15.7 Å². The first-order valence-electron chi connectivity index (χ1n) is 9.80. The molecule has 10 nitrogen and oxygen atoms in total. The van der Waals surface area contributed by atoms with Crippen LogP contribution in [0, 0.1) is 5.92 Å². The fourth-order valence-electron chi connectivity index (χ4n) is 3.65. The van der Waals surface area contributed by atoms with Crippen molar-refractivity contribution in [3.63, 3.8) is 0 Å². The molecule has 2 aromatic heterocycles. The number of hydrogen-bond acceptors (Lipinski definition) is 6. The van der Waals surface area contributed by atoms with Gasteiger partial charge < -0.3 is 25.0 Å². The largest absolute Gasteiger partial charge is 0.573 e. The summed E-state index contributed by atoms with van der Waals surface area (Å²) in [5, 5.41) is 12.1. The van der Waals surface area contributed by atoms with E-state index in [9.17, 15) is 22.8 Å². The number of benzene rings is 1. The first-order valence-corrected chi connectivity index (χ1v) is 10.6. The lowest BCUT2D eigenvalue weighted by molar-refractivity contribution is -0.274. The normalized spacial score (nSPS) is 16.4. The highest BCUT2D eigenvalue weighted by Crippen LogP contribution is 2.29. The number of imidazole rings is 1. The Bertz CT molecular complexity index is 1240. The maximum atomic E-state index is 12.8. The molecule has 0 saturated carbocycles. The van der Waals surface area contributed by atoms with Gasteiger partial charge >= 0.3 is 18.1 Å². The van der Waals surface area contributed by atoms with Crippen molar-refractivity contribution in [3.8, 4) is 5.75 Å². The van der Waals surface area contributed by atoms with Crippen LogP contribution in [0.3, 0.4) is 0 Å². The summed E-state index contributed by atoms with van der Waals surface area (Å²) in [6.07, 6.45) is -3.76. The van der Waals surface area contributed by atoms with Crippen molar-refractivity contribution in [2.24, 2.45) is 5.92 Å². The van der Waals surface area contributed by atoms with E-state index in [-0.39, 0.29) is 29.6 Å². The number of ether oxygens (including phenoxy) is 1. The molecule has 1 aliphatic heterocycles. The molecule has 176 valence electrons. The van der Waals surface area contributed by atoms with Gasteiger partial charge in [-0.3, -0.25) is 4.57 Å². The number of likely N-dealkylation sites (tertiary alicyclic amines) is 1. The van der Waals surface area contributed by atoms with Gasteiger partial charge in [0.25, 0.3) is 0 Å². The number of carbonyl (C=O) groups is 1. The highest BCUT2D eigenvalue weighted by molar-refractivity contribution is 9.10. The van der Waals surface area contributed by atoms with Gasteiger partial charge in [0, 0.05) is 29.7 Å². The summed E-state index contributed by atoms with van der Waals surface area (Å²) in [5.41, 5.74) is 0.0746. The van der Waals surface area contributed by atoms with E-state index in [2.05, 4.69) is 40.9 Å². The van der Waals surface area contributed by atoms with Gasteiger partial charge in [-0.1, -0.05) is 15.9 Å². The van der Waals surface area contributed by atoms with Crippen LogP contribution in [0.2, 0.25) is 0 Å². The van der Waals surface area contributed by atoms with Crippen LogP contribution in [0.15, 0.2) is 33.7 Å². The quantitative estimate of drug-likeness (QED) is 0.446. The van der Waals surface area contributed by atoms with Crippen LogP contribution in [-0.4, -0.2) is 61.6 Å². The van der Waals surface area contributed by atoms with E-state index in [1.54, 1.807) is 0 Å². The van der Waals surface area contributed by atoms with E-state index in [1.165, 1.54) is 27.8 Å². The number of fused-ring (bicyclic) bond motifs is 1. The number of nitrogens with one attached hydrogen (secondary N) is 2. The minimum Gasteiger partial charge on any atom is -0.465 e. The SMILES string of the molecule is O=C(O)N1CCC(CNc2ncc3[nH]c(=O)n(Cc4cc(Br)ccc4OC(F)(F)F)c3n2)C1. The van der Waals surface area contributed by atoms with E-state index in [0.29, 0.717) is 36.0 Å². The summed E-state index contributed by atoms with van der Waals surface area (Å²) in [6.45, 7) is 1.05. The number of rotatable bonds is 6. The molecule has 1 atom stereocenters. The number of amides is 1. The van der Waals surface area contributed by atoms with Crippen molar-refractivity contribution in [3.05, 3.63) is 44.9 Å². The van der Waals surface area contributed by atoms with Crippen molar-refractivity contribution in [1.82, 2.24) is 24.4 Å². The number of anilines is 1. The van der Waals surface area contributed by atoms with Crippen LogP contribution in [0.5, 0.6) is 5.75 Å². The van der Waals surface area contributed by atoms with E-state index in [0.717, 1.165) is 6.07 Å². The number of hydrogen-bond donors (Lipinski definition) is 3. The van der Waals surface area contributed by atoms with Gasteiger partial charge in [0.2, 0.25) is 5.95 Å². The highest BCUT2D eigenvalue weighted by atomic mass is 79.9. The fourth-order valence-corrected chi connectivity index (χ4v) is 4.06. The number of aromatic amines is 1. The highest BCUT2D eigenvalue weighted by Gasteiger charge is 2.32. The molecule has 33 heavy (non-hydrogen) atoms. The standard InChI is InChI=1S/C19H18BrF3N6O4/c20-12-1-2-14(33-19(21,22)23)11(5-12)9-29-15-13(26-17(29)30)7-25-16(27-15)24-6-10-3-4-28(8-10)18(31)32/h1-2,5,7,10H,3-4,6,8-9H2,(H,26,30)(H,31,32)(H,24,25,27). The molecule has 1 fully saturated rings. The third-order valence-electron chi connectivity index (χ3n) is 5.19. The monoisotopic (exact) mass is 530 g/mol. The molecule has 1 aliphatic rings. The van der Waals surface area contributed by atoms with Crippen LogP contribution in [-0.2, 0) is 6.54 Å². The van der Waals surface area contributed by atoms with Crippen molar-refractivity contribution < 1.29 is 27.8 Å². The molecule has 4 rings (SSSR count). The third-order valence-corrected chi connectivity index (χ3v) is 5.69. The number of H-pyrrole nitrogens is 1. The van der Waals surface area contributed by atoms with Gasteiger partial charge in [-0.05, 0) is 30.5 Å². The van der Waals surface area contributed by atoms with Gasteiger partial charge in [0.1, 0.15) is 11.3 Å². The van der Waals surface area contributed by atoms with E-state index >= 15 is 0 Å². The zero-order chi connectivity index (χ0) is 23.8. The first-order chi connectivity index (χ1) is 15.6. The Balaban J connectivity index is 1.57. The molecule has 1 unspecified atom stereocenters. The number of carboxylic acid groups (broad SMARTS) is 1. The van der Waals surface area contributed by atoms with Crippen LogP contribution in [0.25, 0.3) is 11.2 Å². The minimum absolute atomic E-state index is 0.0811. The average molecular weight is 531 g/mol. The second kappa shape index (κ2) is 8.92. The third kappa shape index (κ3) is 5.38. The molecule has 14 heteroatoms. The van der Waals surface area contributed by atoms with Crippen molar-refractivity contribution >= 4 is 39.1 Å². The van der Waals surface area contributed by atoms with Gasteiger partial charge in [-0.2, -0.15) is 4.98 Å². The number of aromatic nitrogens is 4. The summed E-state index contributed by atoms with van der Waals surface area (Å²) >= 11 is 3.22. The van der Waals surface area contributed by atoms with Crippen molar-refractivity contribution in [2.75, 3.05) is 25.0 Å². The molecular formula is C19H18BrF3N6O4. The predicted octanol–water partition coefficient (Wildman–Crippen LogP) is 3.24. The van der Waals surface area contributed by atoms with Crippen LogP contribution in [0.1, 0.15) is 12.0 Å². The molecule has 3 N–H and O–H groups in total. The summed E-state index contributed by atoms with van der Waals surface area (Å²) in [6, 6.07) is 4.00. The van der Waals surface area contributed by atoms with E-state index in [1.807, 2.05) is 0 Å². The molecule has 0 radical (unpaired) electrons. The Labute approximate surface area is 192 Å². The van der Waals surface area contributed by atoms with Gasteiger partial charge in [0.05, 0.1) is 12.7 Å². The number of halogens is 4. The molecule has 3 aromatic rings. The molecule has 0 aliphatic carbocycles. The second-order valence-electron chi connectivity index (χ2n) is 7.51. The Kier molecular flexibility index (Phi) is 6.19. The van der Waals surface area contributed by atoms with E-state index in [4.69, 9.17) is 5.11 Å². The lowest BCUT2D eigenvalue weighted by atomic mass is 10.1. The van der Waals surface area contributed by atoms with Gasteiger partial charge in [0.15, 0.2) is 5.65 Å². The zero-order valence-electron chi connectivity index (χ0n) is 16.9. The molecule has 0 spiro atoms. The molecule has 1 amide bonds. The van der Waals surface area contributed by atoms with Gasteiger partial charge in [-0.15, -0.1) is 13.2 Å². The second-order valence-corrected chi connectivity index (χ2v) is 8.43. The molecule has 1 saturated heterocycles. The smallest absolute Gasteiger partial charge is 0.465 e. The summed E-state index contributed by atoms with van der Waals surface area (Å²) in [5.74, 6) is -0.133. The molecule has 3 heterocycles. The minimum atomic E-state index is -4.89. The van der Waals surface area contributed by atoms with Gasteiger partial charge in [-0.25, -0.2) is 14.6 Å². The molecule has 0 bridgehead atoms. The number of nitrogens with zero attached hydrogens (tertiary/aromatic N) is 4. The first kappa shape index (κ1) is 22.9. The maximum absolute atomic E-state index is 12.8.